The summed E-state index contributed by atoms with van der Waals surface area (Å²) in [4.78, 5) is 8.60. The number of para-hydroxylation sites is 2. The van der Waals surface area contributed by atoms with Crippen molar-refractivity contribution < 1.29 is 10.0 Å². The molecular weight excluding hydrogens is 300 g/mol. The second-order valence-corrected chi connectivity index (χ2v) is 6.56. The van der Waals surface area contributed by atoms with Crippen LogP contribution in [0.2, 0.25) is 0 Å². The van der Waals surface area contributed by atoms with E-state index in [0.29, 0.717) is 5.75 Å². The highest BCUT2D eigenvalue weighted by Crippen LogP contribution is 2.26. The number of phenolic OH excluding ortho intramolecular Hbond substituents is 1. The molecule has 1 saturated heterocycles. The van der Waals surface area contributed by atoms with Gasteiger partial charge in [0.05, 0.1) is 31.9 Å². The number of imidazole rings is 1. The minimum atomic E-state index is 0.372. The van der Waals surface area contributed by atoms with Crippen LogP contribution in [0.4, 0.5) is 5.69 Å². The maximum Gasteiger partial charge on any atom is 0.140 e. The van der Waals surface area contributed by atoms with Gasteiger partial charge < -0.3 is 19.3 Å². The summed E-state index contributed by atoms with van der Waals surface area (Å²) in [5, 5.41) is 10.0. The standard InChI is InChI=1S/C19H22N4O/c1-15-5-4-8-23-14-16(20-19(15)23)13-21-9-11-22(12-10-21)17-6-2-3-7-18(17)24/h2-8,14,24H,9-13H2,1H3/p+1. The third-order valence-corrected chi connectivity index (χ3v) is 4.85. The van der Waals surface area contributed by atoms with Crippen LogP contribution in [0.15, 0.2) is 48.8 Å². The molecule has 0 spiro atoms. The zero-order chi connectivity index (χ0) is 16.5. The first-order valence-electron chi connectivity index (χ1n) is 8.50. The molecule has 1 aromatic carbocycles. The molecular formula is C19H23N4O+. The molecule has 124 valence electrons. The first kappa shape index (κ1) is 15.0. The third-order valence-electron chi connectivity index (χ3n) is 4.85. The average Bonchev–Trinajstić information content (AvgIpc) is 3.00. The van der Waals surface area contributed by atoms with Crippen LogP contribution >= 0.6 is 0 Å². The lowest BCUT2D eigenvalue weighted by atomic mass is 10.2. The predicted molar refractivity (Wildman–Crippen MR) is 94.6 cm³/mol. The number of nitrogens with one attached hydrogen (secondary N) is 1. The van der Waals surface area contributed by atoms with Gasteiger partial charge in [-0.15, -0.1) is 0 Å². The van der Waals surface area contributed by atoms with E-state index in [-0.39, 0.29) is 0 Å². The fourth-order valence-corrected chi connectivity index (χ4v) is 3.52. The molecule has 2 aromatic heterocycles. The first-order valence-corrected chi connectivity index (χ1v) is 8.50. The molecule has 0 radical (unpaired) electrons. The van der Waals surface area contributed by atoms with E-state index in [4.69, 9.17) is 4.98 Å². The second kappa shape index (κ2) is 6.17. The van der Waals surface area contributed by atoms with E-state index in [1.165, 1.54) is 5.56 Å². The zero-order valence-electron chi connectivity index (χ0n) is 13.9. The van der Waals surface area contributed by atoms with Crippen LogP contribution in [0, 0.1) is 6.92 Å². The van der Waals surface area contributed by atoms with E-state index in [9.17, 15) is 5.11 Å². The van der Waals surface area contributed by atoms with Crippen molar-refractivity contribution >= 4 is 11.3 Å². The van der Waals surface area contributed by atoms with E-state index >= 15 is 0 Å². The molecule has 1 aliphatic rings. The molecule has 0 unspecified atom stereocenters. The molecule has 0 bridgehead atoms. The van der Waals surface area contributed by atoms with Crippen LogP contribution in [-0.4, -0.2) is 40.7 Å². The number of fused-ring (bicyclic) bond motifs is 1. The normalized spacial score (nSPS) is 16.0. The van der Waals surface area contributed by atoms with Gasteiger partial charge >= 0.3 is 0 Å². The van der Waals surface area contributed by atoms with E-state index in [1.807, 2.05) is 18.2 Å². The van der Waals surface area contributed by atoms with Crippen LogP contribution in [0.25, 0.3) is 5.65 Å². The minimum Gasteiger partial charge on any atom is -0.506 e. The Hall–Kier alpha value is -2.53. The maximum atomic E-state index is 10.0. The Kier molecular flexibility index (Phi) is 3.86. The minimum absolute atomic E-state index is 0.372. The predicted octanol–water partition coefficient (Wildman–Crippen LogP) is 1.25. The smallest absolute Gasteiger partial charge is 0.140 e. The maximum absolute atomic E-state index is 10.0. The van der Waals surface area contributed by atoms with Crippen LogP contribution in [0.1, 0.15) is 11.3 Å². The summed E-state index contributed by atoms with van der Waals surface area (Å²) in [6, 6.07) is 11.8. The average molecular weight is 323 g/mol. The van der Waals surface area contributed by atoms with Gasteiger partial charge in [-0.2, -0.15) is 0 Å². The molecule has 2 N–H and O–H groups in total. The van der Waals surface area contributed by atoms with E-state index < -0.39 is 0 Å². The van der Waals surface area contributed by atoms with Crippen molar-refractivity contribution in [2.24, 2.45) is 0 Å². The topological polar surface area (TPSA) is 45.2 Å². The molecule has 0 aliphatic carbocycles. The van der Waals surface area contributed by atoms with Crippen molar-refractivity contribution in [3.05, 3.63) is 60.0 Å². The van der Waals surface area contributed by atoms with E-state index in [0.717, 1.165) is 49.8 Å². The van der Waals surface area contributed by atoms with Gasteiger partial charge in [-0.05, 0) is 30.7 Å². The molecule has 0 amide bonds. The summed E-state index contributed by atoms with van der Waals surface area (Å²) >= 11 is 0. The number of piperazine rings is 1. The fraction of sp³-hybridized carbons (Fsp3) is 0.316. The van der Waals surface area contributed by atoms with Crippen LogP contribution in [0.5, 0.6) is 5.75 Å². The molecule has 4 rings (SSSR count). The Bertz CT molecular complexity index is 849. The quantitative estimate of drug-likeness (QED) is 0.763. The molecule has 24 heavy (non-hydrogen) atoms. The SMILES string of the molecule is Cc1cccn2cc(C[NH+]3CCN(c4ccccc4O)CC3)nc12. The molecule has 3 heterocycles. The summed E-state index contributed by atoms with van der Waals surface area (Å²) in [6.45, 7) is 7.08. The Labute approximate surface area is 141 Å². The lowest BCUT2D eigenvalue weighted by Gasteiger charge is -2.33. The van der Waals surface area contributed by atoms with Crippen molar-refractivity contribution in [3.63, 3.8) is 0 Å². The number of aromatic nitrogens is 2. The number of aryl methyl sites for hydroxylation is 1. The van der Waals surface area contributed by atoms with Crippen molar-refractivity contribution in [2.45, 2.75) is 13.5 Å². The van der Waals surface area contributed by atoms with Gasteiger partial charge in [0.1, 0.15) is 23.6 Å². The summed E-state index contributed by atoms with van der Waals surface area (Å²) < 4.78 is 2.11. The lowest BCUT2D eigenvalue weighted by molar-refractivity contribution is -0.914. The zero-order valence-corrected chi connectivity index (χ0v) is 13.9. The highest BCUT2D eigenvalue weighted by molar-refractivity contribution is 5.57. The number of benzene rings is 1. The number of aromatic hydroxyl groups is 1. The number of nitrogens with zero attached hydrogens (tertiary/aromatic N) is 3. The van der Waals surface area contributed by atoms with Gasteiger partial charge in [-0.25, -0.2) is 4.98 Å². The molecule has 5 nitrogen and oxygen atoms in total. The van der Waals surface area contributed by atoms with Crippen molar-refractivity contribution in [1.82, 2.24) is 9.38 Å². The molecule has 1 fully saturated rings. The molecule has 0 atom stereocenters. The number of hydrogen-bond acceptors (Lipinski definition) is 3. The monoisotopic (exact) mass is 323 g/mol. The van der Waals surface area contributed by atoms with Gasteiger partial charge in [-0.1, -0.05) is 18.2 Å². The van der Waals surface area contributed by atoms with Gasteiger partial charge in [0, 0.05) is 12.4 Å². The lowest BCUT2D eigenvalue weighted by Crippen LogP contribution is -3.13. The van der Waals surface area contributed by atoms with Crippen molar-refractivity contribution in [3.8, 4) is 5.75 Å². The summed E-state index contributed by atoms with van der Waals surface area (Å²) in [6.07, 6.45) is 4.20. The summed E-state index contributed by atoms with van der Waals surface area (Å²) in [5.41, 5.74) is 4.36. The Morgan fingerprint density at radius 3 is 2.67 bits per heavy atom. The van der Waals surface area contributed by atoms with Crippen LogP contribution in [-0.2, 0) is 6.54 Å². The number of rotatable bonds is 3. The van der Waals surface area contributed by atoms with Crippen molar-refractivity contribution in [2.75, 3.05) is 31.1 Å². The highest BCUT2D eigenvalue weighted by Gasteiger charge is 2.22. The number of quaternary nitrogens is 1. The molecule has 3 aromatic rings. The fourth-order valence-electron chi connectivity index (χ4n) is 3.52. The van der Waals surface area contributed by atoms with Crippen LogP contribution < -0.4 is 9.80 Å². The molecule has 5 heteroatoms. The van der Waals surface area contributed by atoms with Gasteiger partial charge in [0.2, 0.25) is 0 Å². The highest BCUT2D eigenvalue weighted by atomic mass is 16.3. The Morgan fingerprint density at radius 2 is 1.92 bits per heavy atom. The largest absolute Gasteiger partial charge is 0.506 e. The number of anilines is 1. The second-order valence-electron chi connectivity index (χ2n) is 6.56. The van der Waals surface area contributed by atoms with Crippen molar-refractivity contribution in [1.29, 1.82) is 0 Å². The van der Waals surface area contributed by atoms with E-state index in [1.54, 1.807) is 11.0 Å². The number of phenols is 1. The Balaban J connectivity index is 1.42. The number of hydrogen-bond donors (Lipinski definition) is 2. The van der Waals surface area contributed by atoms with E-state index in [2.05, 4.69) is 40.8 Å². The number of pyridine rings is 1. The molecule has 1 aliphatic heterocycles. The van der Waals surface area contributed by atoms with Gasteiger partial charge in [0.25, 0.3) is 0 Å². The first-order chi connectivity index (χ1) is 11.7. The molecule has 0 saturated carbocycles. The van der Waals surface area contributed by atoms with Gasteiger partial charge in [0.15, 0.2) is 0 Å². The Morgan fingerprint density at radius 1 is 1.12 bits per heavy atom. The third kappa shape index (κ3) is 2.83. The summed E-state index contributed by atoms with van der Waals surface area (Å²) in [7, 11) is 0. The summed E-state index contributed by atoms with van der Waals surface area (Å²) in [5.74, 6) is 0.372. The van der Waals surface area contributed by atoms with Gasteiger partial charge in [-0.3, -0.25) is 0 Å². The van der Waals surface area contributed by atoms with Crippen LogP contribution in [0.3, 0.4) is 0 Å².